The van der Waals surface area contributed by atoms with Gasteiger partial charge in [-0.2, -0.15) is 0 Å². The Bertz CT molecular complexity index is 262. The molecule has 5 heteroatoms. The summed E-state index contributed by atoms with van der Waals surface area (Å²) in [6.07, 6.45) is 0.824. The zero-order valence-electron chi connectivity index (χ0n) is 7.96. The first-order valence-electron chi connectivity index (χ1n) is 4.29. The summed E-state index contributed by atoms with van der Waals surface area (Å²) in [4.78, 5) is 0. The molecule has 0 radical (unpaired) electrons. The largest absolute Gasteiger partial charge is 0.384 e. The van der Waals surface area contributed by atoms with Crippen LogP contribution in [0.1, 0.15) is 18.6 Å². The molecule has 0 unspecified atom stereocenters. The molecule has 13 heavy (non-hydrogen) atoms. The van der Waals surface area contributed by atoms with Gasteiger partial charge in [-0.1, -0.05) is 15.9 Å². The fraction of sp³-hybridized carbons (Fsp3) is 0.750. The average Bonchev–Trinajstić information content (AvgIpc) is 2.56. The summed E-state index contributed by atoms with van der Waals surface area (Å²) in [6, 6.07) is 0. The molecular formula is C8H14BrN3O. The summed E-state index contributed by atoms with van der Waals surface area (Å²) in [5.74, 6) is 1.98. The van der Waals surface area contributed by atoms with Crippen LogP contribution in [0.2, 0.25) is 0 Å². The molecule has 0 saturated heterocycles. The fourth-order valence-corrected chi connectivity index (χ4v) is 1.63. The van der Waals surface area contributed by atoms with Crippen molar-refractivity contribution >= 4 is 15.9 Å². The van der Waals surface area contributed by atoms with Crippen molar-refractivity contribution in [3.05, 3.63) is 11.6 Å². The van der Waals surface area contributed by atoms with Gasteiger partial charge < -0.3 is 9.30 Å². The second kappa shape index (κ2) is 5.34. The van der Waals surface area contributed by atoms with Crippen molar-refractivity contribution in [3.8, 4) is 0 Å². The van der Waals surface area contributed by atoms with Gasteiger partial charge in [0.1, 0.15) is 11.6 Å². The maximum absolute atomic E-state index is 5.00. The van der Waals surface area contributed by atoms with Gasteiger partial charge in [0.2, 0.25) is 0 Å². The standard InChI is InChI=1S/C8H14BrN3O/c1-3-12-7(4-5-13-2)10-11-8(12)6-9/h3-6H2,1-2H3. The van der Waals surface area contributed by atoms with Crippen molar-refractivity contribution in [2.24, 2.45) is 0 Å². The van der Waals surface area contributed by atoms with E-state index in [0.29, 0.717) is 6.61 Å². The molecule has 0 aromatic carbocycles. The van der Waals surface area contributed by atoms with Crippen molar-refractivity contribution in [1.29, 1.82) is 0 Å². The summed E-state index contributed by atoms with van der Waals surface area (Å²) in [5.41, 5.74) is 0. The van der Waals surface area contributed by atoms with Gasteiger partial charge in [-0.05, 0) is 6.92 Å². The van der Waals surface area contributed by atoms with Crippen LogP contribution in [-0.4, -0.2) is 28.5 Å². The van der Waals surface area contributed by atoms with Gasteiger partial charge in [0.15, 0.2) is 0 Å². The van der Waals surface area contributed by atoms with Crippen molar-refractivity contribution in [2.45, 2.75) is 25.2 Å². The molecule has 1 aromatic rings. The summed E-state index contributed by atoms with van der Waals surface area (Å²) in [5, 5.41) is 8.92. The Labute approximate surface area is 86.4 Å². The number of nitrogens with zero attached hydrogens (tertiary/aromatic N) is 3. The second-order valence-corrected chi connectivity index (χ2v) is 3.21. The minimum absolute atomic E-state index is 0.695. The van der Waals surface area contributed by atoms with E-state index in [9.17, 15) is 0 Å². The fourth-order valence-electron chi connectivity index (χ4n) is 1.21. The van der Waals surface area contributed by atoms with Gasteiger partial charge in [0, 0.05) is 20.1 Å². The molecule has 0 amide bonds. The normalized spacial score (nSPS) is 10.7. The van der Waals surface area contributed by atoms with Crippen LogP contribution in [-0.2, 0) is 23.0 Å². The molecule has 0 spiro atoms. The third kappa shape index (κ3) is 2.51. The Morgan fingerprint density at radius 1 is 1.38 bits per heavy atom. The van der Waals surface area contributed by atoms with Crippen LogP contribution in [0.4, 0.5) is 0 Å². The third-order valence-corrected chi connectivity index (χ3v) is 2.37. The first-order valence-corrected chi connectivity index (χ1v) is 5.41. The lowest BCUT2D eigenvalue weighted by Gasteiger charge is -2.04. The van der Waals surface area contributed by atoms with Crippen LogP contribution in [0.15, 0.2) is 0 Å². The molecule has 0 saturated carbocycles. The van der Waals surface area contributed by atoms with Crippen molar-refractivity contribution in [1.82, 2.24) is 14.8 Å². The zero-order chi connectivity index (χ0) is 9.68. The van der Waals surface area contributed by atoms with E-state index < -0.39 is 0 Å². The van der Waals surface area contributed by atoms with E-state index in [4.69, 9.17) is 4.74 Å². The number of alkyl halides is 1. The molecular weight excluding hydrogens is 234 g/mol. The zero-order valence-corrected chi connectivity index (χ0v) is 9.54. The number of halogens is 1. The van der Waals surface area contributed by atoms with Crippen molar-refractivity contribution in [3.63, 3.8) is 0 Å². The van der Waals surface area contributed by atoms with Gasteiger partial charge in [-0.25, -0.2) is 0 Å². The summed E-state index contributed by atoms with van der Waals surface area (Å²) in [6.45, 7) is 3.69. The van der Waals surface area contributed by atoms with E-state index in [-0.39, 0.29) is 0 Å². The monoisotopic (exact) mass is 247 g/mol. The number of methoxy groups -OCH3 is 1. The van der Waals surface area contributed by atoms with E-state index in [1.54, 1.807) is 7.11 Å². The SMILES string of the molecule is CCn1c(CBr)nnc1CCOC. The van der Waals surface area contributed by atoms with Gasteiger partial charge in [0.05, 0.1) is 11.9 Å². The lowest BCUT2D eigenvalue weighted by molar-refractivity contribution is 0.199. The average molecular weight is 248 g/mol. The van der Waals surface area contributed by atoms with Crippen LogP contribution < -0.4 is 0 Å². The van der Waals surface area contributed by atoms with Gasteiger partial charge >= 0.3 is 0 Å². The molecule has 4 nitrogen and oxygen atoms in total. The Balaban J connectivity index is 2.75. The first-order chi connectivity index (χ1) is 6.33. The molecule has 1 heterocycles. The minimum atomic E-state index is 0.695. The molecule has 1 aromatic heterocycles. The number of hydrogen-bond donors (Lipinski definition) is 0. The topological polar surface area (TPSA) is 39.9 Å². The lowest BCUT2D eigenvalue weighted by Crippen LogP contribution is -2.07. The first kappa shape index (κ1) is 10.7. The smallest absolute Gasteiger partial charge is 0.143 e. The molecule has 1 rings (SSSR count). The highest BCUT2D eigenvalue weighted by molar-refractivity contribution is 9.08. The van der Waals surface area contributed by atoms with Gasteiger partial charge in [-0.3, -0.25) is 0 Å². The molecule has 74 valence electrons. The number of aromatic nitrogens is 3. The maximum Gasteiger partial charge on any atom is 0.143 e. The van der Waals surface area contributed by atoms with Crippen LogP contribution >= 0.6 is 15.9 Å². The maximum atomic E-state index is 5.00. The van der Waals surface area contributed by atoms with Crippen LogP contribution in [0.5, 0.6) is 0 Å². The summed E-state index contributed by atoms with van der Waals surface area (Å²) >= 11 is 3.38. The quantitative estimate of drug-likeness (QED) is 0.739. The Kier molecular flexibility index (Phi) is 4.38. The molecule has 0 aliphatic rings. The van der Waals surface area contributed by atoms with E-state index in [1.807, 2.05) is 0 Å². The summed E-state index contributed by atoms with van der Waals surface area (Å²) in [7, 11) is 1.69. The van der Waals surface area contributed by atoms with E-state index >= 15 is 0 Å². The molecule has 0 fully saturated rings. The lowest BCUT2D eigenvalue weighted by atomic mass is 10.4. The highest BCUT2D eigenvalue weighted by Gasteiger charge is 2.08. The molecule has 0 atom stereocenters. The predicted molar refractivity (Wildman–Crippen MR) is 53.9 cm³/mol. The molecule has 0 N–H and O–H groups in total. The van der Waals surface area contributed by atoms with Crippen LogP contribution in [0, 0.1) is 0 Å². The Morgan fingerprint density at radius 3 is 2.62 bits per heavy atom. The Hall–Kier alpha value is -0.420. The van der Waals surface area contributed by atoms with E-state index in [2.05, 4.69) is 37.6 Å². The second-order valence-electron chi connectivity index (χ2n) is 2.65. The highest BCUT2D eigenvalue weighted by Crippen LogP contribution is 2.06. The molecule has 0 bridgehead atoms. The summed E-state index contributed by atoms with van der Waals surface area (Å²) < 4.78 is 7.10. The number of rotatable bonds is 5. The van der Waals surface area contributed by atoms with E-state index in [0.717, 1.165) is 29.9 Å². The number of ether oxygens (including phenoxy) is 1. The minimum Gasteiger partial charge on any atom is -0.384 e. The predicted octanol–water partition coefficient (Wildman–Crippen LogP) is 1.38. The van der Waals surface area contributed by atoms with Gasteiger partial charge in [0.25, 0.3) is 0 Å². The van der Waals surface area contributed by atoms with Crippen molar-refractivity contribution in [2.75, 3.05) is 13.7 Å². The van der Waals surface area contributed by atoms with E-state index in [1.165, 1.54) is 0 Å². The van der Waals surface area contributed by atoms with Gasteiger partial charge in [-0.15, -0.1) is 10.2 Å². The number of hydrogen-bond acceptors (Lipinski definition) is 3. The van der Waals surface area contributed by atoms with Crippen LogP contribution in [0.3, 0.4) is 0 Å². The Morgan fingerprint density at radius 2 is 2.08 bits per heavy atom. The third-order valence-electron chi connectivity index (χ3n) is 1.87. The molecule has 0 aliphatic heterocycles. The van der Waals surface area contributed by atoms with Crippen LogP contribution in [0.25, 0.3) is 0 Å². The molecule has 0 aliphatic carbocycles. The van der Waals surface area contributed by atoms with Crippen molar-refractivity contribution < 1.29 is 4.74 Å². The highest BCUT2D eigenvalue weighted by atomic mass is 79.9.